The molecule has 18 heavy (non-hydrogen) atoms. The van der Waals surface area contributed by atoms with Crippen LogP contribution in [0.15, 0.2) is 26.7 Å². The van der Waals surface area contributed by atoms with Crippen molar-refractivity contribution in [2.75, 3.05) is 12.4 Å². The SMILES string of the molecule is CCc1nc(NC)c(C)c(Sc2ccoc2C)n1. The van der Waals surface area contributed by atoms with E-state index >= 15 is 0 Å². The smallest absolute Gasteiger partial charge is 0.133 e. The third-order valence-corrected chi connectivity index (χ3v) is 3.95. The Balaban J connectivity index is 2.40. The van der Waals surface area contributed by atoms with Crippen LogP contribution in [0.2, 0.25) is 0 Å². The molecule has 2 aromatic heterocycles. The number of nitrogens with one attached hydrogen (secondary N) is 1. The number of aryl methyl sites for hydroxylation is 2. The first-order chi connectivity index (χ1) is 8.65. The first kappa shape index (κ1) is 13.0. The minimum Gasteiger partial charge on any atom is -0.468 e. The van der Waals surface area contributed by atoms with Gasteiger partial charge < -0.3 is 9.73 Å². The van der Waals surface area contributed by atoms with Gasteiger partial charge in [0.1, 0.15) is 22.4 Å². The van der Waals surface area contributed by atoms with Crippen LogP contribution >= 0.6 is 11.8 Å². The highest BCUT2D eigenvalue weighted by Gasteiger charge is 2.12. The lowest BCUT2D eigenvalue weighted by molar-refractivity contribution is 0.527. The third kappa shape index (κ3) is 2.51. The Hall–Kier alpha value is -1.49. The van der Waals surface area contributed by atoms with Crippen LogP contribution < -0.4 is 5.32 Å². The second kappa shape index (κ2) is 5.44. The van der Waals surface area contributed by atoms with Crippen molar-refractivity contribution in [3.05, 3.63) is 29.5 Å². The summed E-state index contributed by atoms with van der Waals surface area (Å²) in [6.45, 7) is 6.04. The van der Waals surface area contributed by atoms with Gasteiger partial charge in [-0.05, 0) is 19.9 Å². The molecule has 0 aliphatic heterocycles. The lowest BCUT2D eigenvalue weighted by Crippen LogP contribution is -2.04. The summed E-state index contributed by atoms with van der Waals surface area (Å²) in [7, 11) is 1.88. The minimum absolute atomic E-state index is 0.826. The predicted octanol–water partition coefficient (Wildman–Crippen LogP) is 3.44. The number of aromatic nitrogens is 2. The molecule has 1 N–H and O–H groups in total. The molecule has 0 atom stereocenters. The maximum absolute atomic E-state index is 5.31. The molecule has 0 bridgehead atoms. The van der Waals surface area contributed by atoms with E-state index in [4.69, 9.17) is 4.42 Å². The fraction of sp³-hybridized carbons (Fsp3) is 0.385. The van der Waals surface area contributed by atoms with Crippen LogP contribution in [-0.4, -0.2) is 17.0 Å². The van der Waals surface area contributed by atoms with Crippen molar-refractivity contribution >= 4 is 17.6 Å². The van der Waals surface area contributed by atoms with Crippen molar-refractivity contribution in [2.24, 2.45) is 0 Å². The molecule has 0 spiro atoms. The zero-order chi connectivity index (χ0) is 13.1. The van der Waals surface area contributed by atoms with E-state index < -0.39 is 0 Å². The summed E-state index contributed by atoms with van der Waals surface area (Å²) < 4.78 is 5.31. The topological polar surface area (TPSA) is 51.0 Å². The Morgan fingerprint density at radius 2 is 2.11 bits per heavy atom. The van der Waals surface area contributed by atoms with E-state index in [1.807, 2.05) is 27.0 Å². The van der Waals surface area contributed by atoms with Gasteiger partial charge in [0.2, 0.25) is 0 Å². The van der Waals surface area contributed by atoms with Gasteiger partial charge in [0.05, 0.1) is 11.2 Å². The van der Waals surface area contributed by atoms with Crippen LogP contribution in [0.5, 0.6) is 0 Å². The van der Waals surface area contributed by atoms with Crippen LogP contribution in [0.3, 0.4) is 0 Å². The molecule has 2 heterocycles. The Morgan fingerprint density at radius 1 is 1.33 bits per heavy atom. The van der Waals surface area contributed by atoms with E-state index in [9.17, 15) is 0 Å². The Bertz CT molecular complexity index is 551. The van der Waals surface area contributed by atoms with Crippen LogP contribution in [0.25, 0.3) is 0 Å². The summed E-state index contributed by atoms with van der Waals surface area (Å²) in [5.74, 6) is 2.67. The summed E-state index contributed by atoms with van der Waals surface area (Å²) in [6.07, 6.45) is 2.53. The maximum Gasteiger partial charge on any atom is 0.133 e. The second-order valence-corrected chi connectivity index (χ2v) is 5.00. The van der Waals surface area contributed by atoms with Gasteiger partial charge >= 0.3 is 0 Å². The first-order valence-corrected chi connectivity index (χ1v) is 6.74. The third-order valence-electron chi connectivity index (χ3n) is 2.72. The van der Waals surface area contributed by atoms with Crippen LogP contribution in [0, 0.1) is 13.8 Å². The standard InChI is InChI=1S/C13H17N3OS/c1-5-11-15-12(14-4)8(2)13(16-11)18-10-6-7-17-9(10)3/h6-7H,5H2,1-4H3,(H,14,15,16). The second-order valence-electron chi connectivity index (χ2n) is 3.97. The van der Waals surface area contributed by atoms with Gasteiger partial charge in [0.15, 0.2) is 0 Å². The highest BCUT2D eigenvalue weighted by molar-refractivity contribution is 7.99. The summed E-state index contributed by atoms with van der Waals surface area (Å²) in [6, 6.07) is 1.96. The molecular formula is C13H17N3OS. The zero-order valence-electron chi connectivity index (χ0n) is 11.1. The minimum atomic E-state index is 0.826. The van der Waals surface area contributed by atoms with E-state index in [-0.39, 0.29) is 0 Å². The van der Waals surface area contributed by atoms with Crippen molar-refractivity contribution < 1.29 is 4.42 Å². The molecule has 0 saturated carbocycles. The van der Waals surface area contributed by atoms with E-state index in [0.717, 1.165) is 39.3 Å². The van der Waals surface area contributed by atoms with Gasteiger partial charge in [-0.25, -0.2) is 9.97 Å². The van der Waals surface area contributed by atoms with Crippen molar-refractivity contribution in [1.82, 2.24) is 9.97 Å². The first-order valence-electron chi connectivity index (χ1n) is 5.93. The molecule has 2 aromatic rings. The van der Waals surface area contributed by atoms with Crippen LogP contribution in [0.4, 0.5) is 5.82 Å². The number of furan rings is 1. The summed E-state index contributed by atoms with van der Waals surface area (Å²) in [5.41, 5.74) is 1.07. The number of nitrogens with zero attached hydrogens (tertiary/aromatic N) is 2. The van der Waals surface area contributed by atoms with Crippen LogP contribution in [-0.2, 0) is 6.42 Å². The van der Waals surface area contributed by atoms with E-state index in [1.165, 1.54) is 0 Å². The molecule has 0 aromatic carbocycles. The molecule has 0 unspecified atom stereocenters. The molecule has 0 aliphatic rings. The molecule has 4 nitrogen and oxygen atoms in total. The molecule has 0 fully saturated rings. The monoisotopic (exact) mass is 263 g/mol. The number of hydrogen-bond acceptors (Lipinski definition) is 5. The highest BCUT2D eigenvalue weighted by atomic mass is 32.2. The molecule has 0 aliphatic carbocycles. The molecule has 0 radical (unpaired) electrons. The fourth-order valence-electron chi connectivity index (χ4n) is 1.62. The lowest BCUT2D eigenvalue weighted by Gasteiger charge is -2.10. The number of hydrogen-bond donors (Lipinski definition) is 1. The molecule has 96 valence electrons. The quantitative estimate of drug-likeness (QED) is 0.856. The van der Waals surface area contributed by atoms with Crippen molar-refractivity contribution in [1.29, 1.82) is 0 Å². The van der Waals surface area contributed by atoms with Gasteiger partial charge in [0, 0.05) is 19.0 Å². The molecule has 2 rings (SSSR count). The average molecular weight is 263 g/mol. The Labute approximate surface area is 111 Å². The largest absolute Gasteiger partial charge is 0.468 e. The number of anilines is 1. The Morgan fingerprint density at radius 3 is 2.67 bits per heavy atom. The Kier molecular flexibility index (Phi) is 3.91. The molecular weight excluding hydrogens is 246 g/mol. The molecule has 0 amide bonds. The van der Waals surface area contributed by atoms with Gasteiger partial charge in [-0.2, -0.15) is 0 Å². The van der Waals surface area contributed by atoms with Gasteiger partial charge in [0.25, 0.3) is 0 Å². The van der Waals surface area contributed by atoms with E-state index in [1.54, 1.807) is 18.0 Å². The van der Waals surface area contributed by atoms with Gasteiger partial charge in [-0.15, -0.1) is 0 Å². The van der Waals surface area contributed by atoms with Crippen molar-refractivity contribution in [2.45, 2.75) is 37.1 Å². The van der Waals surface area contributed by atoms with Crippen molar-refractivity contribution in [3.8, 4) is 0 Å². The number of rotatable bonds is 4. The zero-order valence-corrected chi connectivity index (χ0v) is 11.9. The van der Waals surface area contributed by atoms with E-state index in [2.05, 4.69) is 22.2 Å². The van der Waals surface area contributed by atoms with E-state index in [0.29, 0.717) is 0 Å². The van der Waals surface area contributed by atoms with Crippen molar-refractivity contribution in [3.63, 3.8) is 0 Å². The van der Waals surface area contributed by atoms with Gasteiger partial charge in [-0.1, -0.05) is 18.7 Å². The van der Waals surface area contributed by atoms with Crippen LogP contribution in [0.1, 0.15) is 24.1 Å². The summed E-state index contributed by atoms with van der Waals surface area (Å²) in [5, 5.41) is 4.10. The normalized spacial score (nSPS) is 10.7. The summed E-state index contributed by atoms with van der Waals surface area (Å²) >= 11 is 1.62. The van der Waals surface area contributed by atoms with Gasteiger partial charge in [-0.3, -0.25) is 0 Å². The average Bonchev–Trinajstić information content (AvgIpc) is 2.77. The fourth-order valence-corrected chi connectivity index (χ4v) is 2.55. The molecule has 5 heteroatoms. The lowest BCUT2D eigenvalue weighted by atomic mass is 10.3. The molecule has 0 saturated heterocycles. The highest BCUT2D eigenvalue weighted by Crippen LogP contribution is 2.33. The maximum atomic E-state index is 5.31. The summed E-state index contributed by atoms with van der Waals surface area (Å²) in [4.78, 5) is 10.1. The predicted molar refractivity (Wildman–Crippen MR) is 73.3 cm³/mol.